The lowest BCUT2D eigenvalue weighted by Gasteiger charge is -2.27. The number of halogens is 3. The van der Waals surface area contributed by atoms with Crippen LogP contribution < -0.4 is 21.3 Å². The topological polar surface area (TPSA) is 113 Å². The van der Waals surface area contributed by atoms with Crippen molar-refractivity contribution in [2.75, 3.05) is 34.4 Å². The maximum atomic E-state index is 13.2. The van der Waals surface area contributed by atoms with Crippen LogP contribution in [0.1, 0.15) is 36.3 Å². The minimum atomic E-state index is -4.64. The zero-order chi connectivity index (χ0) is 21.5. The van der Waals surface area contributed by atoms with E-state index >= 15 is 0 Å². The van der Waals surface area contributed by atoms with Crippen LogP contribution in [0.2, 0.25) is 0 Å². The van der Waals surface area contributed by atoms with Gasteiger partial charge in [0.2, 0.25) is 17.8 Å². The summed E-state index contributed by atoms with van der Waals surface area (Å²) in [5.41, 5.74) is 4.92. The highest BCUT2D eigenvalue weighted by atomic mass is 19.4. The summed E-state index contributed by atoms with van der Waals surface area (Å²) in [6.07, 6.45) is -2.95. The molecule has 2 amide bonds. The van der Waals surface area contributed by atoms with Crippen molar-refractivity contribution in [2.24, 2.45) is 0 Å². The molecule has 4 N–H and O–H groups in total. The molecule has 0 bridgehead atoms. The molecule has 11 heteroatoms. The number of alkyl halides is 3. The average molecular weight is 420 g/mol. The van der Waals surface area contributed by atoms with E-state index in [-0.39, 0.29) is 23.6 Å². The Morgan fingerprint density at radius 1 is 1.20 bits per heavy atom. The summed E-state index contributed by atoms with van der Waals surface area (Å²) in [4.78, 5) is 35.6. The van der Waals surface area contributed by atoms with Crippen LogP contribution in [0.25, 0.3) is 0 Å². The Hall–Kier alpha value is -3.37. The number of benzene rings is 1. The number of nitrogens with one attached hydrogen (secondary N) is 2. The molecule has 1 aromatic carbocycles. The highest BCUT2D eigenvalue weighted by Crippen LogP contribution is 2.39. The molecule has 0 saturated carbocycles. The van der Waals surface area contributed by atoms with Crippen LogP contribution in [0.15, 0.2) is 24.3 Å². The van der Waals surface area contributed by atoms with Gasteiger partial charge in [0.15, 0.2) is 0 Å². The third-order valence-electron chi connectivity index (χ3n) is 5.15. The van der Waals surface area contributed by atoms with Gasteiger partial charge in [-0.15, -0.1) is 0 Å². The number of carbonyl (C=O) groups excluding carboxylic acids is 2. The predicted molar refractivity (Wildman–Crippen MR) is 104 cm³/mol. The molecule has 158 valence electrons. The molecular weight excluding hydrogens is 401 g/mol. The number of fused-ring (bicyclic) bond motifs is 1. The van der Waals surface area contributed by atoms with E-state index in [4.69, 9.17) is 5.73 Å². The summed E-state index contributed by atoms with van der Waals surface area (Å²) in [5.74, 6) is -1.88. The first kappa shape index (κ1) is 19.9. The zero-order valence-electron chi connectivity index (χ0n) is 15.8. The molecule has 1 saturated heterocycles. The van der Waals surface area contributed by atoms with Crippen molar-refractivity contribution in [3.8, 4) is 0 Å². The second kappa shape index (κ2) is 7.47. The fraction of sp³-hybridized carbons (Fsp3) is 0.368. The Morgan fingerprint density at radius 2 is 1.90 bits per heavy atom. The molecule has 0 aliphatic carbocycles. The van der Waals surface area contributed by atoms with Gasteiger partial charge >= 0.3 is 6.18 Å². The molecule has 4 rings (SSSR count). The standard InChI is InChI=1S/C19H19F3N6O2/c20-19(21,22)11-5-1-2-6-12(11)24-17(30)10-9-13(29)25-16-14(10)15(23)26-18(27-16)28-7-3-4-8-28/h1-2,5-6,10H,3-4,7-9H2,(H,24,30)(H3,23,25,26,27,29). The SMILES string of the molecule is Nc1nc(N2CCCC2)nc2c1C(C(=O)Nc1ccccc1C(F)(F)F)CC(=O)N2. The van der Waals surface area contributed by atoms with Crippen LogP contribution in [-0.2, 0) is 15.8 Å². The molecule has 1 unspecified atom stereocenters. The van der Waals surface area contributed by atoms with Gasteiger partial charge in [0.05, 0.1) is 22.7 Å². The number of hydrogen-bond acceptors (Lipinski definition) is 6. The van der Waals surface area contributed by atoms with Crippen molar-refractivity contribution in [2.45, 2.75) is 31.4 Å². The van der Waals surface area contributed by atoms with E-state index in [1.54, 1.807) is 0 Å². The highest BCUT2D eigenvalue weighted by Gasteiger charge is 2.38. The number of para-hydroxylation sites is 1. The summed E-state index contributed by atoms with van der Waals surface area (Å²) >= 11 is 0. The molecule has 1 atom stereocenters. The van der Waals surface area contributed by atoms with Crippen LogP contribution in [0.3, 0.4) is 0 Å². The summed E-state index contributed by atoms with van der Waals surface area (Å²) in [7, 11) is 0. The fourth-order valence-corrected chi connectivity index (χ4v) is 3.73. The van der Waals surface area contributed by atoms with Gasteiger partial charge in [-0.1, -0.05) is 12.1 Å². The number of aromatic nitrogens is 2. The maximum absolute atomic E-state index is 13.2. The van der Waals surface area contributed by atoms with Crippen molar-refractivity contribution < 1.29 is 22.8 Å². The van der Waals surface area contributed by atoms with Gasteiger partial charge in [0, 0.05) is 19.5 Å². The number of nitrogens with zero attached hydrogens (tertiary/aromatic N) is 3. The van der Waals surface area contributed by atoms with Crippen LogP contribution in [-0.4, -0.2) is 34.9 Å². The number of carbonyl (C=O) groups is 2. The summed E-state index contributed by atoms with van der Waals surface area (Å²) in [5, 5.41) is 4.88. The maximum Gasteiger partial charge on any atom is 0.418 e. The van der Waals surface area contributed by atoms with E-state index in [9.17, 15) is 22.8 Å². The second-order valence-electron chi connectivity index (χ2n) is 7.20. The van der Waals surface area contributed by atoms with Gasteiger partial charge in [-0.25, -0.2) is 0 Å². The highest BCUT2D eigenvalue weighted by molar-refractivity contribution is 6.05. The minimum Gasteiger partial charge on any atom is -0.383 e. The van der Waals surface area contributed by atoms with E-state index in [2.05, 4.69) is 20.6 Å². The first-order chi connectivity index (χ1) is 14.2. The number of amides is 2. The normalized spacial score (nSPS) is 18.7. The Balaban J connectivity index is 1.66. The lowest BCUT2D eigenvalue weighted by atomic mass is 9.91. The van der Waals surface area contributed by atoms with Crippen LogP contribution in [0, 0.1) is 0 Å². The average Bonchev–Trinajstić information content (AvgIpc) is 3.21. The zero-order valence-corrected chi connectivity index (χ0v) is 15.8. The van der Waals surface area contributed by atoms with Crippen molar-refractivity contribution in [1.82, 2.24) is 9.97 Å². The van der Waals surface area contributed by atoms with Gasteiger partial charge in [-0.2, -0.15) is 23.1 Å². The van der Waals surface area contributed by atoms with E-state index in [0.29, 0.717) is 5.95 Å². The predicted octanol–water partition coefficient (Wildman–Crippen LogP) is 2.74. The molecule has 1 fully saturated rings. The second-order valence-corrected chi connectivity index (χ2v) is 7.20. The molecule has 0 radical (unpaired) electrons. The Bertz CT molecular complexity index is 1000. The Kier molecular flexibility index (Phi) is 4.96. The Morgan fingerprint density at radius 3 is 2.60 bits per heavy atom. The molecule has 30 heavy (non-hydrogen) atoms. The van der Waals surface area contributed by atoms with Gasteiger partial charge in [0.1, 0.15) is 11.6 Å². The number of rotatable bonds is 3. The van der Waals surface area contributed by atoms with Gasteiger partial charge < -0.3 is 21.3 Å². The molecule has 3 heterocycles. The van der Waals surface area contributed by atoms with Gasteiger partial charge in [-0.05, 0) is 25.0 Å². The molecular formula is C19H19F3N6O2. The number of nitrogens with two attached hydrogens (primary N) is 1. The summed E-state index contributed by atoms with van der Waals surface area (Å²) in [6.45, 7) is 1.51. The third kappa shape index (κ3) is 3.74. The van der Waals surface area contributed by atoms with E-state index in [1.165, 1.54) is 12.1 Å². The first-order valence-corrected chi connectivity index (χ1v) is 9.43. The summed E-state index contributed by atoms with van der Waals surface area (Å²) in [6, 6.07) is 4.64. The number of hydrogen-bond donors (Lipinski definition) is 3. The first-order valence-electron chi connectivity index (χ1n) is 9.43. The molecule has 8 nitrogen and oxygen atoms in total. The van der Waals surface area contributed by atoms with E-state index < -0.39 is 35.2 Å². The van der Waals surface area contributed by atoms with E-state index in [1.807, 2.05) is 4.90 Å². The van der Waals surface area contributed by atoms with Gasteiger partial charge in [-0.3, -0.25) is 9.59 Å². The third-order valence-corrected chi connectivity index (χ3v) is 5.15. The number of anilines is 4. The Labute approximate surface area is 169 Å². The molecule has 2 aliphatic heterocycles. The largest absolute Gasteiger partial charge is 0.418 e. The van der Waals surface area contributed by atoms with Crippen molar-refractivity contribution >= 4 is 35.1 Å². The fourth-order valence-electron chi connectivity index (χ4n) is 3.73. The number of nitrogen functional groups attached to an aromatic ring is 1. The van der Waals surface area contributed by atoms with Crippen LogP contribution in [0.5, 0.6) is 0 Å². The molecule has 2 aromatic rings. The smallest absolute Gasteiger partial charge is 0.383 e. The van der Waals surface area contributed by atoms with Crippen LogP contribution >= 0.6 is 0 Å². The monoisotopic (exact) mass is 420 g/mol. The molecule has 2 aliphatic rings. The van der Waals surface area contributed by atoms with E-state index in [0.717, 1.165) is 38.1 Å². The lowest BCUT2D eigenvalue weighted by Crippen LogP contribution is -2.33. The van der Waals surface area contributed by atoms with Crippen molar-refractivity contribution in [3.05, 3.63) is 35.4 Å². The molecule has 0 spiro atoms. The van der Waals surface area contributed by atoms with Crippen molar-refractivity contribution in [3.63, 3.8) is 0 Å². The van der Waals surface area contributed by atoms with Gasteiger partial charge in [0.25, 0.3) is 0 Å². The van der Waals surface area contributed by atoms with Crippen LogP contribution in [0.4, 0.5) is 36.4 Å². The quantitative estimate of drug-likeness (QED) is 0.704. The van der Waals surface area contributed by atoms with Crippen molar-refractivity contribution in [1.29, 1.82) is 0 Å². The summed E-state index contributed by atoms with van der Waals surface area (Å²) < 4.78 is 39.7. The molecule has 1 aromatic heterocycles. The minimum absolute atomic E-state index is 0.0196. The lowest BCUT2D eigenvalue weighted by molar-refractivity contribution is -0.137.